The molecule has 1 N–H and O–H groups in total. The maximum Gasteiger partial charge on any atom is 0.273 e. The number of aromatic nitrogens is 4. The third-order valence-corrected chi connectivity index (χ3v) is 6.64. The van der Waals surface area contributed by atoms with E-state index in [2.05, 4.69) is 25.3 Å². The summed E-state index contributed by atoms with van der Waals surface area (Å²) in [6.45, 7) is 4.57. The number of ether oxygens (including phenoxy) is 1. The van der Waals surface area contributed by atoms with Crippen molar-refractivity contribution in [3.8, 4) is 16.9 Å². The second-order valence-corrected chi connectivity index (χ2v) is 9.20. The van der Waals surface area contributed by atoms with Crippen molar-refractivity contribution in [1.29, 1.82) is 0 Å². The number of hydrogen-bond acceptors (Lipinski definition) is 8. The van der Waals surface area contributed by atoms with Crippen molar-refractivity contribution in [2.45, 2.75) is 26.9 Å². The lowest BCUT2D eigenvalue weighted by Crippen LogP contribution is -2.26. The van der Waals surface area contributed by atoms with Crippen LogP contribution in [0.15, 0.2) is 48.9 Å². The Kier molecular flexibility index (Phi) is 5.96. The number of carbonyl (C=O) groups is 2. The Bertz CT molecular complexity index is 1410. The highest BCUT2D eigenvalue weighted by Gasteiger charge is 2.29. The summed E-state index contributed by atoms with van der Waals surface area (Å²) < 4.78 is 5.49. The largest absolute Gasteiger partial charge is 0.494 e. The van der Waals surface area contributed by atoms with Crippen LogP contribution >= 0.6 is 11.3 Å². The third-order valence-electron chi connectivity index (χ3n) is 5.64. The molecule has 0 aliphatic carbocycles. The van der Waals surface area contributed by atoms with Crippen molar-refractivity contribution in [3.05, 3.63) is 82.1 Å². The first-order valence-electron chi connectivity index (χ1n) is 10.9. The van der Waals surface area contributed by atoms with Crippen molar-refractivity contribution < 1.29 is 14.3 Å². The lowest BCUT2D eigenvalue weighted by molar-refractivity contribution is 0.0744. The lowest BCUT2D eigenvalue weighted by atomic mass is 9.99. The fourth-order valence-corrected chi connectivity index (χ4v) is 4.92. The predicted octanol–water partition coefficient (Wildman–Crippen LogP) is 4.03. The van der Waals surface area contributed by atoms with Gasteiger partial charge in [-0.05, 0) is 38.1 Å². The van der Waals surface area contributed by atoms with Crippen LogP contribution in [0.4, 0.5) is 5.13 Å². The zero-order valence-electron chi connectivity index (χ0n) is 19.4. The number of fused-ring (bicyclic) bond motifs is 1. The molecule has 5 rings (SSSR count). The number of nitrogens with one attached hydrogen (secondary N) is 1. The fourth-order valence-electron chi connectivity index (χ4n) is 3.94. The average molecular weight is 487 g/mol. The second kappa shape index (κ2) is 9.22. The predicted molar refractivity (Wildman–Crippen MR) is 131 cm³/mol. The van der Waals surface area contributed by atoms with Gasteiger partial charge in [-0.25, -0.2) is 4.98 Å². The Morgan fingerprint density at radius 1 is 1.03 bits per heavy atom. The number of methoxy groups -OCH3 is 1. The van der Waals surface area contributed by atoms with Crippen LogP contribution in [0.25, 0.3) is 11.1 Å². The number of rotatable bonds is 5. The summed E-state index contributed by atoms with van der Waals surface area (Å²) in [7, 11) is 1.57. The molecule has 0 spiro atoms. The van der Waals surface area contributed by atoms with Crippen LogP contribution in [0, 0.1) is 13.8 Å². The van der Waals surface area contributed by atoms with Gasteiger partial charge in [0.15, 0.2) is 5.13 Å². The molecule has 0 atom stereocenters. The number of carbonyl (C=O) groups excluding carboxylic acids is 2. The molecule has 0 radical (unpaired) electrons. The number of aryl methyl sites for hydroxylation is 2. The molecule has 0 saturated carbocycles. The molecule has 35 heavy (non-hydrogen) atoms. The van der Waals surface area contributed by atoms with Gasteiger partial charge in [-0.3, -0.25) is 29.9 Å². The van der Waals surface area contributed by atoms with E-state index in [4.69, 9.17) is 4.74 Å². The quantitative estimate of drug-likeness (QED) is 0.453. The molecule has 10 heteroatoms. The van der Waals surface area contributed by atoms with Gasteiger partial charge in [0.2, 0.25) is 0 Å². The summed E-state index contributed by atoms with van der Waals surface area (Å²) in [4.78, 5) is 45.9. The van der Waals surface area contributed by atoms with Gasteiger partial charge < -0.3 is 9.64 Å². The van der Waals surface area contributed by atoms with E-state index in [-0.39, 0.29) is 11.8 Å². The van der Waals surface area contributed by atoms with Gasteiger partial charge >= 0.3 is 0 Å². The molecule has 0 saturated heterocycles. The van der Waals surface area contributed by atoms with E-state index in [9.17, 15) is 9.59 Å². The standard InChI is InChI=1S/C25H22N6O3S/c1-14-8-16(17-9-15(2)28-11-21(17)34-3)18(10-27-14)23(32)30-25-29-20-12-31(13-22(20)35-25)24(33)19-6-4-5-7-26-19/h4-11H,12-13H2,1-3H3,(H,29,30,32). The van der Waals surface area contributed by atoms with E-state index in [0.717, 1.165) is 27.5 Å². The van der Waals surface area contributed by atoms with Gasteiger partial charge in [-0.2, -0.15) is 0 Å². The Morgan fingerprint density at radius 2 is 1.80 bits per heavy atom. The van der Waals surface area contributed by atoms with E-state index < -0.39 is 0 Å². The van der Waals surface area contributed by atoms with Crippen LogP contribution in [0.5, 0.6) is 5.75 Å². The number of pyridine rings is 3. The summed E-state index contributed by atoms with van der Waals surface area (Å²) in [5, 5.41) is 3.38. The maximum atomic E-state index is 13.3. The van der Waals surface area contributed by atoms with E-state index in [1.165, 1.54) is 11.3 Å². The van der Waals surface area contributed by atoms with Crippen LogP contribution in [-0.4, -0.2) is 43.8 Å². The average Bonchev–Trinajstić information content (AvgIpc) is 3.42. The molecule has 1 aliphatic heterocycles. The van der Waals surface area contributed by atoms with Gasteiger partial charge in [-0.1, -0.05) is 17.4 Å². The molecular weight excluding hydrogens is 464 g/mol. The zero-order chi connectivity index (χ0) is 24.5. The van der Waals surface area contributed by atoms with Crippen LogP contribution in [0.2, 0.25) is 0 Å². The number of amides is 2. The number of hydrogen-bond donors (Lipinski definition) is 1. The Labute approximate surface area is 205 Å². The monoisotopic (exact) mass is 486 g/mol. The molecule has 4 aromatic heterocycles. The minimum Gasteiger partial charge on any atom is -0.494 e. The van der Waals surface area contributed by atoms with Crippen molar-refractivity contribution in [2.75, 3.05) is 12.4 Å². The molecule has 2 amide bonds. The third kappa shape index (κ3) is 4.47. The second-order valence-electron chi connectivity index (χ2n) is 8.12. The summed E-state index contributed by atoms with van der Waals surface area (Å²) >= 11 is 1.36. The first kappa shape index (κ1) is 22.6. The molecule has 0 aromatic carbocycles. The van der Waals surface area contributed by atoms with E-state index in [1.54, 1.807) is 48.8 Å². The van der Waals surface area contributed by atoms with E-state index in [1.807, 2.05) is 26.0 Å². The number of nitrogens with zero attached hydrogens (tertiary/aromatic N) is 5. The van der Waals surface area contributed by atoms with E-state index >= 15 is 0 Å². The first-order chi connectivity index (χ1) is 16.9. The molecule has 0 bridgehead atoms. The van der Waals surface area contributed by atoms with Crippen LogP contribution < -0.4 is 10.1 Å². The van der Waals surface area contributed by atoms with E-state index in [0.29, 0.717) is 40.8 Å². The summed E-state index contributed by atoms with van der Waals surface area (Å²) in [6.07, 6.45) is 4.80. The smallest absolute Gasteiger partial charge is 0.273 e. The summed E-state index contributed by atoms with van der Waals surface area (Å²) in [5.41, 5.74) is 4.64. The van der Waals surface area contributed by atoms with Gasteiger partial charge in [0.05, 0.1) is 42.5 Å². The van der Waals surface area contributed by atoms with Crippen LogP contribution in [-0.2, 0) is 13.1 Å². The van der Waals surface area contributed by atoms with Gasteiger partial charge in [0.1, 0.15) is 11.4 Å². The topological polar surface area (TPSA) is 110 Å². The highest BCUT2D eigenvalue weighted by atomic mass is 32.1. The maximum absolute atomic E-state index is 13.3. The Morgan fingerprint density at radius 3 is 2.51 bits per heavy atom. The molecular formula is C25H22N6O3S. The molecule has 9 nitrogen and oxygen atoms in total. The zero-order valence-corrected chi connectivity index (χ0v) is 20.2. The van der Waals surface area contributed by atoms with Crippen LogP contribution in [0.1, 0.15) is 42.8 Å². The summed E-state index contributed by atoms with van der Waals surface area (Å²) in [6, 6.07) is 9.00. The number of anilines is 1. The minimum absolute atomic E-state index is 0.140. The molecule has 5 heterocycles. The normalized spacial score (nSPS) is 12.4. The first-order valence-corrected chi connectivity index (χ1v) is 11.7. The molecule has 1 aliphatic rings. The Balaban J connectivity index is 1.37. The SMILES string of the molecule is COc1cnc(C)cc1-c1cc(C)ncc1C(=O)Nc1nc2c(s1)CN(C(=O)c1ccccn1)C2. The van der Waals surface area contributed by atoms with Gasteiger partial charge in [0, 0.05) is 34.9 Å². The van der Waals surface area contributed by atoms with Crippen molar-refractivity contribution in [3.63, 3.8) is 0 Å². The fraction of sp³-hybridized carbons (Fsp3) is 0.200. The Hall–Kier alpha value is -4.18. The van der Waals surface area contributed by atoms with Crippen molar-refractivity contribution in [1.82, 2.24) is 24.8 Å². The molecule has 0 unspecified atom stereocenters. The highest BCUT2D eigenvalue weighted by Crippen LogP contribution is 2.35. The van der Waals surface area contributed by atoms with Gasteiger partial charge in [-0.15, -0.1) is 0 Å². The lowest BCUT2D eigenvalue weighted by Gasteiger charge is -2.15. The molecule has 176 valence electrons. The minimum atomic E-state index is -0.321. The summed E-state index contributed by atoms with van der Waals surface area (Å²) in [5.74, 6) is 0.109. The van der Waals surface area contributed by atoms with Crippen molar-refractivity contribution >= 4 is 28.3 Å². The van der Waals surface area contributed by atoms with Gasteiger partial charge in [0.25, 0.3) is 11.8 Å². The highest BCUT2D eigenvalue weighted by molar-refractivity contribution is 7.16. The molecule has 0 fully saturated rings. The van der Waals surface area contributed by atoms with Crippen LogP contribution in [0.3, 0.4) is 0 Å². The van der Waals surface area contributed by atoms with Crippen molar-refractivity contribution in [2.24, 2.45) is 0 Å². The molecule has 4 aromatic rings. The number of thiazole rings is 1.